The lowest BCUT2D eigenvalue weighted by atomic mass is 10.1. The summed E-state index contributed by atoms with van der Waals surface area (Å²) in [5, 5.41) is 7.76. The van der Waals surface area contributed by atoms with Crippen LogP contribution in [-0.4, -0.2) is 50.7 Å². The van der Waals surface area contributed by atoms with Crippen LogP contribution in [0.25, 0.3) is 16.9 Å². The lowest BCUT2D eigenvalue weighted by Gasteiger charge is -2.11. The smallest absolute Gasteiger partial charge is 0.255 e. The number of hydrogen-bond donors (Lipinski definition) is 1. The summed E-state index contributed by atoms with van der Waals surface area (Å²) in [4.78, 5) is 13.3. The first-order chi connectivity index (χ1) is 17.6. The quantitative estimate of drug-likeness (QED) is 0.353. The van der Waals surface area contributed by atoms with Crippen molar-refractivity contribution >= 4 is 5.91 Å². The summed E-state index contributed by atoms with van der Waals surface area (Å²) in [6, 6.07) is 20.9. The van der Waals surface area contributed by atoms with Crippen molar-refractivity contribution in [2.24, 2.45) is 0 Å². The minimum Gasteiger partial charge on any atom is -0.493 e. The fraction of sp³-hybridized carbons (Fsp3) is 0.214. The molecule has 1 N–H and O–H groups in total. The van der Waals surface area contributed by atoms with Gasteiger partial charge in [0.15, 0.2) is 23.0 Å². The maximum Gasteiger partial charge on any atom is 0.255 e. The standard InChI is InChI=1S/C28H29N3O5/c1-33-23-12-10-19(16-25(23)35-3)14-15-29-28(32)22-18-31(21-8-6-5-7-9-21)30-27(22)20-11-13-24(34-2)26(17-20)36-4/h5-13,16-18H,14-15H2,1-4H3,(H,29,32). The van der Waals surface area contributed by atoms with Gasteiger partial charge in [0.2, 0.25) is 0 Å². The average molecular weight is 488 g/mol. The van der Waals surface area contributed by atoms with Gasteiger partial charge in [0.05, 0.1) is 39.7 Å². The lowest BCUT2D eigenvalue weighted by Crippen LogP contribution is -2.25. The third-order valence-corrected chi connectivity index (χ3v) is 5.78. The van der Waals surface area contributed by atoms with Gasteiger partial charge in [0.1, 0.15) is 5.69 Å². The van der Waals surface area contributed by atoms with Gasteiger partial charge in [-0.15, -0.1) is 0 Å². The number of carbonyl (C=O) groups excluding carboxylic acids is 1. The number of nitrogens with zero attached hydrogens (tertiary/aromatic N) is 2. The van der Waals surface area contributed by atoms with Crippen LogP contribution in [0.3, 0.4) is 0 Å². The highest BCUT2D eigenvalue weighted by atomic mass is 16.5. The number of rotatable bonds is 10. The van der Waals surface area contributed by atoms with Gasteiger partial charge in [-0.1, -0.05) is 24.3 Å². The predicted molar refractivity (Wildman–Crippen MR) is 138 cm³/mol. The number of carbonyl (C=O) groups is 1. The maximum atomic E-state index is 13.3. The predicted octanol–water partition coefficient (Wildman–Crippen LogP) is 4.55. The molecule has 4 rings (SSSR count). The van der Waals surface area contributed by atoms with Crippen LogP contribution in [-0.2, 0) is 6.42 Å². The molecule has 0 aliphatic heterocycles. The van der Waals surface area contributed by atoms with Crippen molar-refractivity contribution in [2.75, 3.05) is 35.0 Å². The van der Waals surface area contributed by atoms with E-state index < -0.39 is 0 Å². The number of amides is 1. The van der Waals surface area contributed by atoms with Gasteiger partial charge in [-0.3, -0.25) is 4.79 Å². The van der Waals surface area contributed by atoms with E-state index in [1.165, 1.54) is 0 Å². The summed E-state index contributed by atoms with van der Waals surface area (Å²) in [5.74, 6) is 2.26. The van der Waals surface area contributed by atoms with E-state index in [4.69, 9.17) is 24.0 Å². The summed E-state index contributed by atoms with van der Waals surface area (Å²) in [5.41, 5.74) is 3.62. The molecule has 1 amide bonds. The normalized spacial score (nSPS) is 10.6. The number of methoxy groups -OCH3 is 4. The van der Waals surface area contributed by atoms with Gasteiger partial charge in [-0.2, -0.15) is 5.10 Å². The molecule has 3 aromatic carbocycles. The van der Waals surface area contributed by atoms with Gasteiger partial charge in [-0.05, 0) is 54.4 Å². The number of hydrogen-bond acceptors (Lipinski definition) is 6. The fourth-order valence-electron chi connectivity index (χ4n) is 3.90. The molecule has 0 saturated carbocycles. The van der Waals surface area contributed by atoms with E-state index in [9.17, 15) is 4.79 Å². The number of benzene rings is 3. The van der Waals surface area contributed by atoms with Crippen LogP contribution in [0.4, 0.5) is 0 Å². The minimum atomic E-state index is -0.220. The first-order valence-corrected chi connectivity index (χ1v) is 11.4. The molecule has 0 atom stereocenters. The number of aromatic nitrogens is 2. The summed E-state index contributed by atoms with van der Waals surface area (Å²) in [6.07, 6.45) is 2.37. The highest BCUT2D eigenvalue weighted by Gasteiger charge is 2.20. The topological polar surface area (TPSA) is 83.8 Å². The molecule has 1 heterocycles. The molecule has 0 aliphatic rings. The molecule has 8 heteroatoms. The van der Waals surface area contributed by atoms with Crippen molar-refractivity contribution in [2.45, 2.75) is 6.42 Å². The van der Waals surface area contributed by atoms with E-state index in [2.05, 4.69) is 5.32 Å². The molecule has 4 aromatic rings. The highest BCUT2D eigenvalue weighted by Crippen LogP contribution is 2.33. The summed E-state index contributed by atoms with van der Waals surface area (Å²) < 4.78 is 23.2. The van der Waals surface area contributed by atoms with E-state index in [1.54, 1.807) is 45.4 Å². The Hall–Kier alpha value is -4.46. The molecule has 0 spiro atoms. The Bertz CT molecular complexity index is 1330. The van der Waals surface area contributed by atoms with Crippen molar-refractivity contribution in [1.29, 1.82) is 0 Å². The van der Waals surface area contributed by atoms with Crippen LogP contribution in [0, 0.1) is 0 Å². The molecule has 0 aliphatic carbocycles. The Morgan fingerprint density at radius 3 is 2.11 bits per heavy atom. The van der Waals surface area contributed by atoms with Crippen LogP contribution in [0.1, 0.15) is 15.9 Å². The third-order valence-electron chi connectivity index (χ3n) is 5.78. The minimum absolute atomic E-state index is 0.220. The molecule has 0 fully saturated rings. The zero-order valence-corrected chi connectivity index (χ0v) is 20.8. The molecule has 1 aromatic heterocycles. The first-order valence-electron chi connectivity index (χ1n) is 11.4. The van der Waals surface area contributed by atoms with Crippen molar-refractivity contribution in [3.05, 3.63) is 84.1 Å². The second-order valence-electron chi connectivity index (χ2n) is 7.94. The van der Waals surface area contributed by atoms with E-state index in [0.29, 0.717) is 47.2 Å². The highest BCUT2D eigenvalue weighted by molar-refractivity contribution is 6.00. The Morgan fingerprint density at radius 1 is 0.806 bits per heavy atom. The lowest BCUT2D eigenvalue weighted by molar-refractivity contribution is 0.0954. The van der Waals surface area contributed by atoms with Crippen molar-refractivity contribution in [3.8, 4) is 39.9 Å². The van der Waals surface area contributed by atoms with Crippen molar-refractivity contribution < 1.29 is 23.7 Å². The van der Waals surface area contributed by atoms with Crippen molar-refractivity contribution in [1.82, 2.24) is 15.1 Å². The summed E-state index contributed by atoms with van der Waals surface area (Å²) in [7, 11) is 6.36. The molecule has 36 heavy (non-hydrogen) atoms. The van der Waals surface area contributed by atoms with Crippen LogP contribution in [0.15, 0.2) is 72.9 Å². The zero-order valence-electron chi connectivity index (χ0n) is 20.8. The molecule has 8 nitrogen and oxygen atoms in total. The van der Waals surface area contributed by atoms with Crippen LogP contribution < -0.4 is 24.3 Å². The Kier molecular flexibility index (Phi) is 7.75. The van der Waals surface area contributed by atoms with E-state index >= 15 is 0 Å². The van der Waals surface area contributed by atoms with Gasteiger partial charge < -0.3 is 24.3 Å². The third kappa shape index (κ3) is 5.27. The Labute approximate surface area is 210 Å². The molecule has 0 radical (unpaired) electrons. The second-order valence-corrected chi connectivity index (χ2v) is 7.94. The number of ether oxygens (including phenoxy) is 4. The molecule has 0 bridgehead atoms. The van der Waals surface area contributed by atoms with Gasteiger partial charge in [-0.25, -0.2) is 4.68 Å². The molecule has 0 saturated heterocycles. The largest absolute Gasteiger partial charge is 0.493 e. The van der Waals surface area contributed by atoms with E-state index in [0.717, 1.165) is 16.8 Å². The summed E-state index contributed by atoms with van der Waals surface area (Å²) in [6.45, 7) is 0.441. The van der Waals surface area contributed by atoms with Gasteiger partial charge in [0.25, 0.3) is 5.91 Å². The van der Waals surface area contributed by atoms with Crippen LogP contribution in [0.2, 0.25) is 0 Å². The van der Waals surface area contributed by atoms with Crippen molar-refractivity contribution in [3.63, 3.8) is 0 Å². The monoisotopic (exact) mass is 487 g/mol. The second kappa shape index (κ2) is 11.3. The van der Waals surface area contributed by atoms with Crippen LogP contribution >= 0.6 is 0 Å². The Morgan fingerprint density at radius 2 is 1.44 bits per heavy atom. The van der Waals surface area contributed by atoms with E-state index in [1.807, 2.05) is 60.7 Å². The molecule has 186 valence electrons. The van der Waals surface area contributed by atoms with E-state index in [-0.39, 0.29) is 5.91 Å². The zero-order chi connectivity index (χ0) is 25.5. The average Bonchev–Trinajstić information content (AvgIpc) is 3.38. The first kappa shape index (κ1) is 24.7. The maximum absolute atomic E-state index is 13.3. The SMILES string of the molecule is COc1ccc(CCNC(=O)c2cn(-c3ccccc3)nc2-c2ccc(OC)c(OC)c2)cc1OC. The fourth-order valence-corrected chi connectivity index (χ4v) is 3.90. The Balaban J connectivity index is 1.60. The van der Waals surface area contributed by atoms with Crippen LogP contribution in [0.5, 0.6) is 23.0 Å². The molecular weight excluding hydrogens is 458 g/mol. The summed E-state index contributed by atoms with van der Waals surface area (Å²) >= 11 is 0. The van der Waals surface area contributed by atoms with Gasteiger partial charge >= 0.3 is 0 Å². The van der Waals surface area contributed by atoms with Gasteiger partial charge in [0, 0.05) is 18.3 Å². The molecule has 0 unspecified atom stereocenters. The number of para-hydroxylation sites is 1. The molecular formula is C28H29N3O5. The number of nitrogens with one attached hydrogen (secondary N) is 1.